The Morgan fingerprint density at radius 2 is 1.95 bits per heavy atom. The quantitative estimate of drug-likeness (QED) is 0.267. The highest BCUT2D eigenvalue weighted by atomic mass is 16.6. The lowest BCUT2D eigenvalue weighted by atomic mass is 9.49. The number of allylic oxidation sites excluding steroid dienone is 3. The number of Topliss-reactive ketones (excluding diaryl/α,β-unsaturated/α-hetero) is 2. The zero-order chi connectivity index (χ0) is 29.0. The standard InChI is InChI=1S/C34H40N2O5/c1-6-22-27-28(17(3)21-15-35-24-13-8-7-11-19(21)24)36-32(40)34(27)23(31-33(22,5)41-31)12-9-10-16(2)26-18(4)29(38)30(39)20(26)14-25(34)37/h7-9,11-13,15-17,20,22-23,26-28,31,35,38H,6,10,14H2,1-5H3,(H,36,40)/b12-9+/t16?,17?,20-,22?,23?,26+,27?,28?,31?,33?,34?/m0/s1. The maximum Gasteiger partial charge on any atom is 0.235 e. The van der Waals surface area contributed by atoms with Crippen LogP contribution in [0.2, 0.25) is 0 Å². The van der Waals surface area contributed by atoms with Crippen LogP contribution in [0.5, 0.6) is 0 Å². The summed E-state index contributed by atoms with van der Waals surface area (Å²) in [6, 6.07) is 7.89. The Balaban J connectivity index is 1.38. The molecule has 216 valence electrons. The second kappa shape index (κ2) is 8.90. The second-order valence-corrected chi connectivity index (χ2v) is 13.5. The van der Waals surface area contributed by atoms with E-state index in [1.165, 1.54) is 0 Å². The molecule has 2 aliphatic heterocycles. The molecule has 2 aromatic rings. The molecule has 7 nitrogen and oxygen atoms in total. The SMILES string of the molecule is CCC1C2C(C(C)c3c[nH]c4ccccc34)NC(=O)C23C(=O)C[C@@H]2C(=O)C(O)=C(C)[C@H]2C(C)C/C=C/C3C2OC12C. The van der Waals surface area contributed by atoms with Crippen LogP contribution in [0.4, 0.5) is 0 Å². The summed E-state index contributed by atoms with van der Waals surface area (Å²) in [6.07, 6.45) is 7.40. The molecule has 3 aliphatic carbocycles. The molecule has 1 saturated carbocycles. The fraction of sp³-hybridized carbons (Fsp3) is 0.559. The van der Waals surface area contributed by atoms with Crippen molar-refractivity contribution in [1.29, 1.82) is 0 Å². The van der Waals surface area contributed by atoms with E-state index in [9.17, 15) is 19.5 Å². The van der Waals surface area contributed by atoms with Crippen molar-refractivity contribution in [3.05, 3.63) is 59.5 Å². The van der Waals surface area contributed by atoms with Crippen molar-refractivity contribution in [3.63, 3.8) is 0 Å². The molecule has 5 aliphatic rings. The number of hydrogen-bond acceptors (Lipinski definition) is 5. The molecule has 1 aromatic heterocycles. The van der Waals surface area contributed by atoms with Crippen molar-refractivity contribution >= 4 is 28.4 Å². The number of aliphatic hydroxyl groups excluding tert-OH is 1. The van der Waals surface area contributed by atoms with Gasteiger partial charge in [0, 0.05) is 53.2 Å². The number of ketones is 2. The van der Waals surface area contributed by atoms with E-state index < -0.39 is 22.9 Å². The average molecular weight is 557 g/mol. The number of aliphatic hydroxyl groups is 1. The van der Waals surface area contributed by atoms with E-state index in [0.717, 1.165) is 22.9 Å². The lowest BCUT2D eigenvalue weighted by molar-refractivity contribution is -0.150. The number of para-hydroxylation sites is 1. The van der Waals surface area contributed by atoms with Gasteiger partial charge in [0.25, 0.3) is 0 Å². The molecular formula is C34H40N2O5. The van der Waals surface area contributed by atoms with E-state index in [4.69, 9.17) is 4.74 Å². The highest BCUT2D eigenvalue weighted by molar-refractivity contribution is 6.11. The first-order valence-electron chi connectivity index (χ1n) is 15.3. The first kappa shape index (κ1) is 26.7. The van der Waals surface area contributed by atoms with E-state index in [1.54, 1.807) is 6.92 Å². The summed E-state index contributed by atoms with van der Waals surface area (Å²) in [5, 5.41) is 15.1. The number of amides is 1. The summed E-state index contributed by atoms with van der Waals surface area (Å²) in [5.74, 6) is -2.56. The van der Waals surface area contributed by atoms with Gasteiger partial charge in [0.1, 0.15) is 11.2 Å². The van der Waals surface area contributed by atoms with Crippen molar-refractivity contribution < 1.29 is 24.2 Å². The number of carbonyl (C=O) groups is 3. The van der Waals surface area contributed by atoms with Crippen LogP contribution in [-0.4, -0.2) is 45.3 Å². The van der Waals surface area contributed by atoms with Crippen LogP contribution in [0.3, 0.4) is 0 Å². The smallest absolute Gasteiger partial charge is 0.235 e. The Kier molecular flexibility index (Phi) is 5.80. The Morgan fingerprint density at radius 3 is 2.71 bits per heavy atom. The molecule has 41 heavy (non-hydrogen) atoms. The molecule has 1 amide bonds. The van der Waals surface area contributed by atoms with Gasteiger partial charge in [-0.05, 0) is 55.2 Å². The number of aromatic nitrogens is 1. The fourth-order valence-corrected chi connectivity index (χ4v) is 9.80. The van der Waals surface area contributed by atoms with Gasteiger partial charge in [0.15, 0.2) is 5.76 Å². The fourth-order valence-electron chi connectivity index (χ4n) is 9.80. The minimum atomic E-state index is -1.33. The van der Waals surface area contributed by atoms with Gasteiger partial charge in [-0.3, -0.25) is 14.4 Å². The molecule has 7 rings (SSSR count). The second-order valence-electron chi connectivity index (χ2n) is 13.5. The number of rotatable bonds is 3. The number of epoxide rings is 1. The van der Waals surface area contributed by atoms with Crippen molar-refractivity contribution in [1.82, 2.24) is 10.3 Å². The van der Waals surface area contributed by atoms with Crippen LogP contribution in [0, 0.1) is 40.9 Å². The number of ether oxygens (including phenoxy) is 1. The maximum absolute atomic E-state index is 14.9. The summed E-state index contributed by atoms with van der Waals surface area (Å²) in [6.45, 7) is 10.3. The van der Waals surface area contributed by atoms with Gasteiger partial charge in [-0.1, -0.05) is 57.5 Å². The molecule has 0 radical (unpaired) electrons. The van der Waals surface area contributed by atoms with Crippen LogP contribution in [-0.2, 0) is 19.1 Å². The molecule has 0 bridgehead atoms. The number of fused-ring (bicyclic) bond motifs is 4. The summed E-state index contributed by atoms with van der Waals surface area (Å²) < 4.78 is 6.49. The third-order valence-electron chi connectivity index (χ3n) is 11.8. The van der Waals surface area contributed by atoms with E-state index in [2.05, 4.69) is 56.2 Å². The Bertz CT molecular complexity index is 1540. The predicted octanol–water partition coefficient (Wildman–Crippen LogP) is 5.39. The lowest BCUT2D eigenvalue weighted by Crippen LogP contribution is -2.59. The number of benzene rings is 1. The molecule has 3 heterocycles. The topological polar surface area (TPSA) is 112 Å². The molecule has 3 fully saturated rings. The third kappa shape index (κ3) is 3.33. The molecule has 3 N–H and O–H groups in total. The van der Waals surface area contributed by atoms with Crippen molar-refractivity contribution in [2.75, 3.05) is 0 Å². The molecule has 1 aromatic carbocycles. The summed E-state index contributed by atoms with van der Waals surface area (Å²) in [4.78, 5) is 46.1. The van der Waals surface area contributed by atoms with Crippen LogP contribution in [0.1, 0.15) is 65.4 Å². The Labute approximate surface area is 240 Å². The number of H-pyrrole nitrogens is 1. The summed E-state index contributed by atoms with van der Waals surface area (Å²) in [5.41, 5.74) is 1.07. The van der Waals surface area contributed by atoms with Crippen LogP contribution < -0.4 is 5.32 Å². The number of nitrogens with one attached hydrogen (secondary N) is 2. The first-order chi connectivity index (χ1) is 19.6. The van der Waals surface area contributed by atoms with Crippen LogP contribution in [0.25, 0.3) is 10.9 Å². The minimum Gasteiger partial charge on any atom is -0.504 e. The lowest BCUT2D eigenvalue weighted by Gasteiger charge is -2.48. The minimum absolute atomic E-state index is 0.0112. The van der Waals surface area contributed by atoms with Crippen molar-refractivity contribution in [2.45, 2.75) is 77.5 Å². The summed E-state index contributed by atoms with van der Waals surface area (Å²) in [7, 11) is 0. The van der Waals surface area contributed by atoms with Gasteiger partial charge < -0.3 is 20.1 Å². The number of aromatic amines is 1. The molecule has 2 saturated heterocycles. The van der Waals surface area contributed by atoms with Crippen LogP contribution in [0.15, 0.2) is 53.9 Å². The largest absolute Gasteiger partial charge is 0.504 e. The monoisotopic (exact) mass is 556 g/mol. The number of hydrogen-bond donors (Lipinski definition) is 3. The Hall–Kier alpha value is -3.19. The predicted molar refractivity (Wildman–Crippen MR) is 155 cm³/mol. The van der Waals surface area contributed by atoms with E-state index >= 15 is 0 Å². The number of carbonyl (C=O) groups excluding carboxylic acids is 3. The zero-order valence-corrected chi connectivity index (χ0v) is 24.4. The highest BCUT2D eigenvalue weighted by Gasteiger charge is 2.79. The van der Waals surface area contributed by atoms with Gasteiger partial charge in [-0.25, -0.2) is 0 Å². The van der Waals surface area contributed by atoms with Gasteiger partial charge >= 0.3 is 0 Å². The normalized spacial score (nSPS) is 43.2. The third-order valence-corrected chi connectivity index (χ3v) is 11.8. The summed E-state index contributed by atoms with van der Waals surface area (Å²) >= 11 is 0. The van der Waals surface area contributed by atoms with Gasteiger partial charge in [0.05, 0.1) is 11.7 Å². The van der Waals surface area contributed by atoms with Crippen molar-refractivity contribution in [3.8, 4) is 0 Å². The first-order valence-corrected chi connectivity index (χ1v) is 15.3. The molecule has 9 unspecified atom stereocenters. The molecule has 7 heteroatoms. The van der Waals surface area contributed by atoms with Crippen molar-refractivity contribution in [2.24, 2.45) is 40.9 Å². The van der Waals surface area contributed by atoms with Crippen LogP contribution >= 0.6 is 0 Å². The van der Waals surface area contributed by atoms with Gasteiger partial charge in [-0.15, -0.1) is 0 Å². The van der Waals surface area contributed by atoms with Gasteiger partial charge in [0.2, 0.25) is 11.7 Å². The molecule has 11 atom stereocenters. The van der Waals surface area contributed by atoms with Gasteiger partial charge in [-0.2, -0.15) is 0 Å². The molecule has 1 spiro atoms. The molecular weight excluding hydrogens is 516 g/mol. The van der Waals surface area contributed by atoms with E-state index in [0.29, 0.717) is 12.0 Å². The Morgan fingerprint density at radius 1 is 1.20 bits per heavy atom. The van der Waals surface area contributed by atoms with E-state index in [1.807, 2.05) is 24.4 Å². The zero-order valence-electron chi connectivity index (χ0n) is 24.4. The van der Waals surface area contributed by atoms with E-state index in [-0.39, 0.29) is 71.4 Å². The highest BCUT2D eigenvalue weighted by Crippen LogP contribution is 2.68. The maximum atomic E-state index is 14.9. The average Bonchev–Trinajstić information content (AvgIpc) is 3.22.